The molecule has 2 N–H and O–H groups in total. The summed E-state index contributed by atoms with van der Waals surface area (Å²) in [6, 6.07) is 6.13. The second-order valence-electron chi connectivity index (χ2n) is 5.83. The van der Waals surface area contributed by atoms with Crippen LogP contribution >= 0.6 is 38.5 Å². The second-order valence-corrected chi connectivity index (χ2v) is 7.76. The number of nitrogen functional groups attached to an aromatic ring is 1. The summed E-state index contributed by atoms with van der Waals surface area (Å²) in [5.74, 6) is 1.20. The number of rotatable bonds is 1. The third-order valence-electron chi connectivity index (χ3n) is 2.95. The van der Waals surface area contributed by atoms with E-state index in [1.54, 1.807) is 0 Å². The van der Waals surface area contributed by atoms with Crippen molar-refractivity contribution in [2.45, 2.75) is 33.1 Å². The lowest BCUT2D eigenvalue weighted by Crippen LogP contribution is -2.18. The van der Waals surface area contributed by atoms with Gasteiger partial charge in [0.2, 0.25) is 0 Å². The molecule has 2 rings (SSSR count). The topological polar surface area (TPSA) is 51.8 Å². The molecule has 3 nitrogen and oxygen atoms in total. The maximum absolute atomic E-state index is 6.06. The Morgan fingerprint density at radius 2 is 1.85 bits per heavy atom. The van der Waals surface area contributed by atoms with Crippen molar-refractivity contribution in [2.24, 2.45) is 0 Å². The van der Waals surface area contributed by atoms with Gasteiger partial charge in [-0.3, -0.25) is 0 Å². The number of aromatic nitrogens is 2. The first-order chi connectivity index (χ1) is 9.20. The van der Waals surface area contributed by atoms with Crippen molar-refractivity contribution in [3.05, 3.63) is 37.5 Å². The average molecular weight is 446 g/mol. The molecule has 0 amide bonds. The van der Waals surface area contributed by atoms with E-state index in [2.05, 4.69) is 77.3 Å². The SMILES string of the molecule is Cc1ccc(-c2nc(N)c(I)c(C(C)(C)C)n2)c(Br)c1. The molecule has 0 bridgehead atoms. The quantitative estimate of drug-likeness (QED) is 0.647. The van der Waals surface area contributed by atoms with Crippen LogP contribution in [-0.4, -0.2) is 9.97 Å². The van der Waals surface area contributed by atoms with Gasteiger partial charge in [-0.15, -0.1) is 0 Å². The van der Waals surface area contributed by atoms with Crippen LogP contribution in [0.2, 0.25) is 0 Å². The van der Waals surface area contributed by atoms with E-state index < -0.39 is 0 Å². The van der Waals surface area contributed by atoms with E-state index in [1.807, 2.05) is 12.1 Å². The molecule has 5 heteroatoms. The average Bonchev–Trinajstić information content (AvgIpc) is 2.31. The molecule has 0 saturated heterocycles. The van der Waals surface area contributed by atoms with Crippen LogP contribution in [0.1, 0.15) is 32.0 Å². The number of anilines is 1. The highest BCUT2D eigenvalue weighted by Gasteiger charge is 2.23. The summed E-state index contributed by atoms with van der Waals surface area (Å²) < 4.78 is 1.92. The van der Waals surface area contributed by atoms with E-state index in [4.69, 9.17) is 10.7 Å². The van der Waals surface area contributed by atoms with Gasteiger partial charge in [-0.2, -0.15) is 0 Å². The first kappa shape index (κ1) is 15.7. The van der Waals surface area contributed by atoms with Crippen LogP contribution in [0, 0.1) is 10.5 Å². The molecule has 0 fully saturated rings. The van der Waals surface area contributed by atoms with Gasteiger partial charge in [-0.1, -0.05) is 42.8 Å². The normalized spacial score (nSPS) is 11.7. The maximum atomic E-state index is 6.06. The third kappa shape index (κ3) is 3.14. The zero-order chi connectivity index (χ0) is 15.1. The molecule has 0 aliphatic carbocycles. The highest BCUT2D eigenvalue weighted by molar-refractivity contribution is 14.1. The molecular weight excluding hydrogens is 429 g/mol. The molecule has 20 heavy (non-hydrogen) atoms. The van der Waals surface area contributed by atoms with Crippen LogP contribution in [0.5, 0.6) is 0 Å². The Bertz CT molecular complexity index is 663. The van der Waals surface area contributed by atoms with Crippen LogP contribution in [0.3, 0.4) is 0 Å². The molecule has 2 aromatic rings. The van der Waals surface area contributed by atoms with Gasteiger partial charge in [-0.05, 0) is 47.2 Å². The fourth-order valence-corrected chi connectivity index (χ4v) is 3.60. The maximum Gasteiger partial charge on any atom is 0.162 e. The van der Waals surface area contributed by atoms with E-state index in [0.717, 1.165) is 19.3 Å². The van der Waals surface area contributed by atoms with Crippen molar-refractivity contribution in [1.82, 2.24) is 9.97 Å². The summed E-state index contributed by atoms with van der Waals surface area (Å²) in [5.41, 5.74) is 9.12. The minimum absolute atomic E-state index is 0.0699. The fourth-order valence-electron chi connectivity index (χ4n) is 1.88. The van der Waals surface area contributed by atoms with Crippen LogP contribution in [0.25, 0.3) is 11.4 Å². The molecule has 0 unspecified atom stereocenters. The van der Waals surface area contributed by atoms with Crippen LogP contribution in [-0.2, 0) is 5.41 Å². The van der Waals surface area contributed by atoms with Crippen molar-refractivity contribution < 1.29 is 0 Å². The molecule has 1 heterocycles. The Morgan fingerprint density at radius 1 is 1.20 bits per heavy atom. The molecule has 0 aliphatic heterocycles. The second kappa shape index (κ2) is 5.60. The summed E-state index contributed by atoms with van der Waals surface area (Å²) in [7, 11) is 0. The predicted molar refractivity (Wildman–Crippen MR) is 95.7 cm³/mol. The van der Waals surface area contributed by atoms with E-state index in [9.17, 15) is 0 Å². The Kier molecular flexibility index (Phi) is 4.39. The number of halogens is 2. The van der Waals surface area contributed by atoms with E-state index in [-0.39, 0.29) is 5.41 Å². The predicted octanol–water partition coefficient (Wildman–Crippen LogP) is 4.70. The zero-order valence-corrected chi connectivity index (χ0v) is 15.7. The minimum atomic E-state index is -0.0699. The summed E-state index contributed by atoms with van der Waals surface area (Å²) in [6.07, 6.45) is 0. The third-order valence-corrected chi connectivity index (χ3v) is 4.67. The Labute approximate surface area is 141 Å². The summed E-state index contributed by atoms with van der Waals surface area (Å²) >= 11 is 5.80. The molecule has 106 valence electrons. The highest BCUT2D eigenvalue weighted by Crippen LogP contribution is 2.33. The summed E-state index contributed by atoms with van der Waals surface area (Å²) in [4.78, 5) is 9.17. The lowest BCUT2D eigenvalue weighted by Gasteiger charge is -2.21. The number of nitrogens with zero attached hydrogens (tertiary/aromatic N) is 2. The van der Waals surface area contributed by atoms with Crippen molar-refractivity contribution in [2.75, 3.05) is 5.73 Å². The van der Waals surface area contributed by atoms with Gasteiger partial charge in [0.15, 0.2) is 5.82 Å². The van der Waals surface area contributed by atoms with Gasteiger partial charge in [0.25, 0.3) is 0 Å². The molecule has 0 radical (unpaired) electrons. The number of benzene rings is 1. The Balaban J connectivity index is 2.67. The number of aryl methyl sites for hydroxylation is 1. The summed E-state index contributed by atoms with van der Waals surface area (Å²) in [5, 5.41) is 0. The standard InChI is InChI=1S/C15H17BrIN3/c1-8-5-6-9(10(16)7-8)14-19-12(15(2,3)4)11(17)13(18)20-14/h5-7H,1-4H3,(H2,18,19,20). The van der Waals surface area contributed by atoms with Gasteiger partial charge < -0.3 is 5.73 Å². The van der Waals surface area contributed by atoms with Gasteiger partial charge >= 0.3 is 0 Å². The molecule has 0 spiro atoms. The van der Waals surface area contributed by atoms with Crippen LogP contribution < -0.4 is 5.73 Å². The first-order valence-electron chi connectivity index (χ1n) is 6.30. The molecule has 0 atom stereocenters. The van der Waals surface area contributed by atoms with Crippen molar-refractivity contribution >= 4 is 44.3 Å². The van der Waals surface area contributed by atoms with Gasteiger partial charge in [-0.25, -0.2) is 9.97 Å². The highest BCUT2D eigenvalue weighted by atomic mass is 127. The Hall–Kier alpha value is -0.690. The van der Waals surface area contributed by atoms with Crippen molar-refractivity contribution in [1.29, 1.82) is 0 Å². The lowest BCUT2D eigenvalue weighted by molar-refractivity contribution is 0.564. The molecule has 0 saturated carbocycles. The molecule has 1 aromatic heterocycles. The fraction of sp³-hybridized carbons (Fsp3) is 0.333. The van der Waals surface area contributed by atoms with Crippen LogP contribution in [0.4, 0.5) is 5.82 Å². The lowest BCUT2D eigenvalue weighted by atomic mass is 9.91. The summed E-state index contributed by atoms with van der Waals surface area (Å²) in [6.45, 7) is 8.44. The van der Waals surface area contributed by atoms with Gasteiger partial charge in [0, 0.05) is 15.5 Å². The molecular formula is C15H17BrIN3. The van der Waals surface area contributed by atoms with Crippen molar-refractivity contribution in [3.63, 3.8) is 0 Å². The molecule has 0 aliphatic rings. The van der Waals surface area contributed by atoms with Crippen LogP contribution in [0.15, 0.2) is 22.7 Å². The van der Waals surface area contributed by atoms with E-state index in [1.165, 1.54) is 5.56 Å². The van der Waals surface area contributed by atoms with E-state index >= 15 is 0 Å². The largest absolute Gasteiger partial charge is 0.383 e. The van der Waals surface area contributed by atoms with Crippen molar-refractivity contribution in [3.8, 4) is 11.4 Å². The van der Waals surface area contributed by atoms with Gasteiger partial charge in [0.05, 0.1) is 9.26 Å². The van der Waals surface area contributed by atoms with Gasteiger partial charge in [0.1, 0.15) is 5.82 Å². The monoisotopic (exact) mass is 445 g/mol. The first-order valence-corrected chi connectivity index (χ1v) is 8.17. The zero-order valence-electron chi connectivity index (χ0n) is 12.0. The number of hydrogen-bond donors (Lipinski definition) is 1. The smallest absolute Gasteiger partial charge is 0.162 e. The minimum Gasteiger partial charge on any atom is -0.383 e. The van der Waals surface area contributed by atoms with E-state index in [0.29, 0.717) is 11.6 Å². The Morgan fingerprint density at radius 3 is 2.40 bits per heavy atom. The number of hydrogen-bond acceptors (Lipinski definition) is 3. The number of nitrogens with two attached hydrogens (primary N) is 1. The molecule has 1 aromatic carbocycles.